The number of rotatable bonds is 5. The molecule has 3 heteroatoms. The molecule has 0 heterocycles. The minimum Gasteiger partial charge on any atom is -0.396 e. The first-order valence-electron chi connectivity index (χ1n) is 7.22. The van der Waals surface area contributed by atoms with Gasteiger partial charge in [0.2, 0.25) is 0 Å². The van der Waals surface area contributed by atoms with E-state index in [1.54, 1.807) is 0 Å². The molecule has 2 unspecified atom stereocenters. The van der Waals surface area contributed by atoms with Crippen molar-refractivity contribution in [1.29, 1.82) is 0 Å². The van der Waals surface area contributed by atoms with E-state index in [4.69, 9.17) is 4.84 Å². The maximum absolute atomic E-state index is 5.54. The fourth-order valence-electron chi connectivity index (χ4n) is 3.64. The molecule has 2 atom stereocenters. The summed E-state index contributed by atoms with van der Waals surface area (Å²) in [7, 11) is 4.18. The van der Waals surface area contributed by atoms with E-state index in [1.807, 2.05) is 0 Å². The Kier molecular flexibility index (Phi) is 3.72. The summed E-state index contributed by atoms with van der Waals surface area (Å²) in [6, 6.07) is 0. The van der Waals surface area contributed by atoms with E-state index in [9.17, 15) is 0 Å². The van der Waals surface area contributed by atoms with Gasteiger partial charge >= 0.3 is 0 Å². The molecular weight excluding hydrogens is 224 g/mol. The highest BCUT2D eigenvalue weighted by Gasteiger charge is 2.60. The monoisotopic (exact) mass is 252 g/mol. The van der Waals surface area contributed by atoms with Crippen LogP contribution in [0.2, 0.25) is 0 Å². The van der Waals surface area contributed by atoms with Crippen molar-refractivity contribution in [1.82, 2.24) is 4.90 Å². The molecule has 2 bridgehead atoms. The molecule has 2 rings (SSSR count). The summed E-state index contributed by atoms with van der Waals surface area (Å²) in [6.07, 6.45) is 4.85. The molecule has 2 aliphatic rings. The van der Waals surface area contributed by atoms with Gasteiger partial charge in [-0.2, -0.15) is 0 Å². The Labute approximate surface area is 112 Å². The molecule has 0 aromatic carbocycles. The molecule has 0 N–H and O–H groups in total. The van der Waals surface area contributed by atoms with Gasteiger partial charge in [0, 0.05) is 12.0 Å². The summed E-state index contributed by atoms with van der Waals surface area (Å²) < 4.78 is 0. The van der Waals surface area contributed by atoms with Crippen molar-refractivity contribution in [2.45, 2.75) is 46.5 Å². The molecule has 0 aromatic heterocycles. The van der Waals surface area contributed by atoms with Crippen LogP contribution in [0, 0.1) is 16.7 Å². The first-order valence-corrected chi connectivity index (χ1v) is 7.22. The van der Waals surface area contributed by atoms with Crippen LogP contribution in [-0.4, -0.2) is 37.9 Å². The molecule has 3 nitrogen and oxygen atoms in total. The number of nitrogens with zero attached hydrogens (tertiary/aromatic N) is 2. The second-order valence-corrected chi connectivity index (χ2v) is 7.02. The number of hydrogen-bond acceptors (Lipinski definition) is 3. The van der Waals surface area contributed by atoms with Crippen LogP contribution < -0.4 is 0 Å². The Morgan fingerprint density at radius 3 is 2.56 bits per heavy atom. The first kappa shape index (κ1) is 13.9. The van der Waals surface area contributed by atoms with E-state index in [2.05, 4.69) is 44.9 Å². The Morgan fingerprint density at radius 2 is 2.06 bits per heavy atom. The fraction of sp³-hybridized carbons (Fsp3) is 0.933. The third-order valence-corrected chi connectivity index (χ3v) is 5.53. The lowest BCUT2D eigenvalue weighted by Gasteiger charge is -2.34. The summed E-state index contributed by atoms with van der Waals surface area (Å²) in [4.78, 5) is 7.72. The predicted octanol–water partition coefficient (Wildman–Crippen LogP) is 3.16. The number of fused-ring (bicyclic) bond motifs is 2. The predicted molar refractivity (Wildman–Crippen MR) is 75.8 cm³/mol. The van der Waals surface area contributed by atoms with Crippen molar-refractivity contribution in [2.24, 2.45) is 21.9 Å². The number of hydrogen-bond donors (Lipinski definition) is 0. The fourth-order valence-corrected chi connectivity index (χ4v) is 3.64. The summed E-state index contributed by atoms with van der Waals surface area (Å²) in [5.41, 5.74) is 1.99. The molecule has 104 valence electrons. The summed E-state index contributed by atoms with van der Waals surface area (Å²) in [5, 5.41) is 4.47. The second-order valence-electron chi connectivity index (χ2n) is 7.02. The Hall–Kier alpha value is -0.570. The van der Waals surface area contributed by atoms with Crippen LogP contribution in [-0.2, 0) is 4.84 Å². The molecule has 0 aromatic rings. The van der Waals surface area contributed by atoms with Crippen LogP contribution in [0.1, 0.15) is 46.5 Å². The Balaban J connectivity index is 1.88. The Morgan fingerprint density at radius 1 is 1.33 bits per heavy atom. The van der Waals surface area contributed by atoms with Crippen molar-refractivity contribution in [3.05, 3.63) is 0 Å². The summed E-state index contributed by atoms with van der Waals surface area (Å²) in [6.45, 7) is 8.99. The van der Waals surface area contributed by atoms with Crippen LogP contribution in [0.3, 0.4) is 0 Å². The third-order valence-electron chi connectivity index (χ3n) is 5.53. The smallest absolute Gasteiger partial charge is 0.118 e. The van der Waals surface area contributed by atoms with E-state index in [1.165, 1.54) is 18.6 Å². The topological polar surface area (TPSA) is 24.8 Å². The average molecular weight is 252 g/mol. The van der Waals surface area contributed by atoms with Gasteiger partial charge in [-0.3, -0.25) is 0 Å². The van der Waals surface area contributed by atoms with Gasteiger partial charge in [0.05, 0.1) is 5.71 Å². The van der Waals surface area contributed by atoms with Gasteiger partial charge in [0.1, 0.15) is 6.61 Å². The largest absolute Gasteiger partial charge is 0.396 e. The third kappa shape index (κ3) is 2.18. The lowest BCUT2D eigenvalue weighted by atomic mass is 9.70. The van der Waals surface area contributed by atoms with Crippen LogP contribution >= 0.6 is 0 Å². The van der Waals surface area contributed by atoms with Gasteiger partial charge in [-0.1, -0.05) is 25.9 Å². The summed E-state index contributed by atoms with van der Waals surface area (Å²) >= 11 is 0. The molecule has 2 aliphatic carbocycles. The average Bonchev–Trinajstić information content (AvgIpc) is 2.61. The van der Waals surface area contributed by atoms with Crippen molar-refractivity contribution < 1.29 is 4.84 Å². The number of oxime groups is 1. The van der Waals surface area contributed by atoms with Gasteiger partial charge in [0.25, 0.3) is 0 Å². The lowest BCUT2D eigenvalue weighted by Crippen LogP contribution is -2.32. The molecule has 2 fully saturated rings. The van der Waals surface area contributed by atoms with Gasteiger partial charge in [0.15, 0.2) is 0 Å². The van der Waals surface area contributed by atoms with Crippen LogP contribution in [0.5, 0.6) is 0 Å². The van der Waals surface area contributed by atoms with E-state index in [0.717, 1.165) is 31.9 Å². The maximum Gasteiger partial charge on any atom is 0.118 e. The zero-order valence-electron chi connectivity index (χ0n) is 12.6. The van der Waals surface area contributed by atoms with Crippen LogP contribution in [0.15, 0.2) is 5.16 Å². The van der Waals surface area contributed by atoms with Crippen molar-refractivity contribution in [3.63, 3.8) is 0 Å². The van der Waals surface area contributed by atoms with Crippen molar-refractivity contribution >= 4 is 5.71 Å². The molecular formula is C15H28N2O. The van der Waals surface area contributed by atoms with Gasteiger partial charge < -0.3 is 9.74 Å². The minimum absolute atomic E-state index is 0.277. The SMILES string of the molecule is CN(C)CCCO/N=C1/CC2CCC1(C)C2(C)C. The standard InChI is InChI=1S/C15H28N2O/c1-14(2)12-7-8-15(14,3)13(11-12)16-18-10-6-9-17(4)5/h12H,6-11H2,1-5H3/b16-13-. The van der Waals surface area contributed by atoms with Gasteiger partial charge in [-0.15, -0.1) is 0 Å². The highest BCUT2D eigenvalue weighted by molar-refractivity contribution is 5.93. The van der Waals surface area contributed by atoms with Crippen molar-refractivity contribution in [3.8, 4) is 0 Å². The van der Waals surface area contributed by atoms with E-state index >= 15 is 0 Å². The molecule has 0 spiro atoms. The van der Waals surface area contributed by atoms with E-state index in [-0.39, 0.29) is 5.41 Å². The van der Waals surface area contributed by atoms with E-state index in [0.29, 0.717) is 5.41 Å². The first-order chi connectivity index (χ1) is 8.38. The highest BCUT2D eigenvalue weighted by atomic mass is 16.6. The zero-order valence-corrected chi connectivity index (χ0v) is 12.6. The zero-order chi connectivity index (χ0) is 13.4. The molecule has 18 heavy (non-hydrogen) atoms. The molecule has 0 radical (unpaired) electrons. The van der Waals surface area contributed by atoms with E-state index < -0.39 is 0 Å². The second kappa shape index (κ2) is 4.84. The van der Waals surface area contributed by atoms with Crippen molar-refractivity contribution in [2.75, 3.05) is 27.2 Å². The van der Waals surface area contributed by atoms with Gasteiger partial charge in [-0.05, 0) is 51.1 Å². The maximum atomic E-state index is 5.54. The molecule has 0 aliphatic heterocycles. The summed E-state index contributed by atoms with van der Waals surface area (Å²) in [5.74, 6) is 0.812. The minimum atomic E-state index is 0.277. The Bertz CT molecular complexity index is 335. The molecule has 2 saturated carbocycles. The quantitative estimate of drug-likeness (QED) is 0.554. The molecule has 0 saturated heterocycles. The van der Waals surface area contributed by atoms with Crippen LogP contribution in [0.4, 0.5) is 0 Å². The highest BCUT2D eigenvalue weighted by Crippen LogP contribution is 2.63. The van der Waals surface area contributed by atoms with Crippen LogP contribution in [0.25, 0.3) is 0 Å². The lowest BCUT2D eigenvalue weighted by molar-refractivity contribution is 0.128. The molecule has 0 amide bonds. The van der Waals surface area contributed by atoms with Gasteiger partial charge in [-0.25, -0.2) is 0 Å². The normalized spacial score (nSPS) is 35.7.